The fraction of sp³-hybridized carbons (Fsp3) is 0.333. The third-order valence-corrected chi connectivity index (χ3v) is 5.83. The third-order valence-electron chi connectivity index (χ3n) is 5.83. The highest BCUT2D eigenvalue weighted by Crippen LogP contribution is 2.28. The summed E-state index contributed by atoms with van der Waals surface area (Å²) in [5, 5.41) is 21.9. The van der Waals surface area contributed by atoms with E-state index >= 15 is 0 Å². The molecule has 0 spiro atoms. The molecule has 0 aliphatic carbocycles. The lowest BCUT2D eigenvalue weighted by molar-refractivity contribution is -0.135. The van der Waals surface area contributed by atoms with Crippen molar-refractivity contribution in [3.8, 4) is 28.5 Å². The fourth-order valence-corrected chi connectivity index (χ4v) is 3.74. The molecule has 0 fully saturated rings. The molecule has 1 amide bonds. The van der Waals surface area contributed by atoms with Crippen LogP contribution < -0.4 is 15.4 Å². The van der Waals surface area contributed by atoms with Gasteiger partial charge >= 0.3 is 5.97 Å². The van der Waals surface area contributed by atoms with Crippen molar-refractivity contribution in [1.82, 2.24) is 30.9 Å². The molecule has 218 valence electrons. The van der Waals surface area contributed by atoms with Gasteiger partial charge in [-0.25, -0.2) is 4.39 Å². The molecule has 41 heavy (non-hydrogen) atoms. The van der Waals surface area contributed by atoms with Gasteiger partial charge in [0.1, 0.15) is 11.6 Å². The van der Waals surface area contributed by atoms with Crippen LogP contribution in [0.2, 0.25) is 0 Å². The van der Waals surface area contributed by atoms with Gasteiger partial charge < -0.3 is 29.5 Å². The SMILES string of the molecule is CCc1nc(-c2ccc(OC(CC)c3nc(-c4ccc(C(=O)N[C@H](C)CNCC(=O)O)c(F)c4)no3)cc2)no1.Cl. The lowest BCUT2D eigenvalue weighted by Crippen LogP contribution is -2.41. The van der Waals surface area contributed by atoms with Gasteiger partial charge in [-0.3, -0.25) is 9.59 Å². The molecular formula is C27H30ClFN6O6. The normalized spacial score (nSPS) is 12.3. The van der Waals surface area contributed by atoms with Crippen LogP contribution in [0.1, 0.15) is 55.4 Å². The van der Waals surface area contributed by atoms with E-state index in [-0.39, 0.29) is 42.8 Å². The van der Waals surface area contributed by atoms with Crippen molar-refractivity contribution in [3.05, 3.63) is 65.6 Å². The van der Waals surface area contributed by atoms with Crippen LogP contribution in [0.25, 0.3) is 22.8 Å². The van der Waals surface area contributed by atoms with Crippen molar-refractivity contribution in [2.75, 3.05) is 13.1 Å². The molecule has 4 aromatic rings. The summed E-state index contributed by atoms with van der Waals surface area (Å²) in [4.78, 5) is 31.8. The summed E-state index contributed by atoms with van der Waals surface area (Å²) in [5.74, 6) is -0.406. The molecule has 1 unspecified atom stereocenters. The number of nitrogens with one attached hydrogen (secondary N) is 2. The van der Waals surface area contributed by atoms with Gasteiger partial charge in [0.2, 0.25) is 17.5 Å². The highest BCUT2D eigenvalue weighted by atomic mass is 35.5. The third kappa shape index (κ3) is 8.08. The molecule has 0 aliphatic rings. The molecule has 2 aromatic carbocycles. The number of aromatic nitrogens is 4. The van der Waals surface area contributed by atoms with E-state index in [0.29, 0.717) is 35.9 Å². The Morgan fingerprint density at radius 2 is 1.71 bits per heavy atom. The predicted molar refractivity (Wildman–Crippen MR) is 147 cm³/mol. The number of carboxylic acids is 1. The minimum atomic E-state index is -1.01. The highest BCUT2D eigenvalue weighted by molar-refractivity contribution is 5.95. The first-order valence-electron chi connectivity index (χ1n) is 12.7. The number of carbonyl (C=O) groups excluding carboxylic acids is 1. The number of hydrogen-bond donors (Lipinski definition) is 3. The van der Waals surface area contributed by atoms with Crippen molar-refractivity contribution in [2.24, 2.45) is 0 Å². The van der Waals surface area contributed by atoms with E-state index in [2.05, 4.69) is 30.9 Å². The molecule has 3 N–H and O–H groups in total. The molecule has 2 aromatic heterocycles. The van der Waals surface area contributed by atoms with Crippen molar-refractivity contribution >= 4 is 24.3 Å². The minimum absolute atomic E-state index is 0. The number of ether oxygens (including phenoxy) is 1. The number of amides is 1. The molecule has 12 nitrogen and oxygen atoms in total. The maximum absolute atomic E-state index is 14.8. The second-order valence-corrected chi connectivity index (χ2v) is 8.95. The molecular weight excluding hydrogens is 559 g/mol. The number of carbonyl (C=O) groups is 2. The van der Waals surface area contributed by atoms with Crippen molar-refractivity contribution in [1.29, 1.82) is 0 Å². The summed E-state index contributed by atoms with van der Waals surface area (Å²) in [6, 6.07) is 10.8. The minimum Gasteiger partial charge on any atom is -0.481 e. The summed E-state index contributed by atoms with van der Waals surface area (Å²) >= 11 is 0. The predicted octanol–water partition coefficient (Wildman–Crippen LogP) is 4.23. The second-order valence-electron chi connectivity index (χ2n) is 8.95. The lowest BCUT2D eigenvalue weighted by Gasteiger charge is -2.14. The Morgan fingerprint density at radius 3 is 2.34 bits per heavy atom. The summed E-state index contributed by atoms with van der Waals surface area (Å²) in [6.45, 7) is 5.48. The van der Waals surface area contributed by atoms with Gasteiger partial charge in [0.25, 0.3) is 11.8 Å². The van der Waals surface area contributed by atoms with Crippen LogP contribution in [-0.4, -0.2) is 56.4 Å². The van der Waals surface area contributed by atoms with Gasteiger partial charge in [-0.1, -0.05) is 30.2 Å². The first-order chi connectivity index (χ1) is 19.3. The van der Waals surface area contributed by atoms with Crippen LogP contribution in [0.15, 0.2) is 51.5 Å². The molecule has 0 aliphatic heterocycles. The van der Waals surface area contributed by atoms with E-state index in [1.807, 2.05) is 26.0 Å². The van der Waals surface area contributed by atoms with Gasteiger partial charge in [-0.05, 0) is 49.7 Å². The molecule has 2 heterocycles. The summed E-state index contributed by atoms with van der Waals surface area (Å²) in [6.07, 6.45) is 0.635. The average molecular weight is 589 g/mol. The van der Waals surface area contributed by atoms with Crippen molar-refractivity contribution < 1.29 is 32.9 Å². The van der Waals surface area contributed by atoms with Crippen molar-refractivity contribution in [3.63, 3.8) is 0 Å². The summed E-state index contributed by atoms with van der Waals surface area (Å²) in [5.41, 5.74) is 0.945. The lowest BCUT2D eigenvalue weighted by atomic mass is 10.1. The Hall–Kier alpha value is -4.36. The average Bonchev–Trinajstić information content (AvgIpc) is 3.62. The van der Waals surface area contributed by atoms with Crippen LogP contribution in [0.4, 0.5) is 4.39 Å². The zero-order valence-corrected chi connectivity index (χ0v) is 23.4. The molecule has 0 saturated carbocycles. The molecule has 14 heteroatoms. The van der Waals surface area contributed by atoms with Gasteiger partial charge in [-0.2, -0.15) is 9.97 Å². The Labute approximate surface area is 241 Å². The van der Waals surface area contributed by atoms with E-state index in [9.17, 15) is 14.0 Å². The van der Waals surface area contributed by atoms with Gasteiger partial charge in [-0.15, -0.1) is 12.4 Å². The van der Waals surface area contributed by atoms with E-state index in [0.717, 1.165) is 11.6 Å². The number of halogens is 2. The first kappa shape index (κ1) is 31.2. The maximum atomic E-state index is 14.8. The topological polar surface area (TPSA) is 166 Å². The molecule has 0 saturated heterocycles. The highest BCUT2D eigenvalue weighted by Gasteiger charge is 2.22. The Balaban J connectivity index is 0.00000462. The molecule has 0 bridgehead atoms. The van der Waals surface area contributed by atoms with Crippen LogP contribution in [0, 0.1) is 5.82 Å². The monoisotopic (exact) mass is 588 g/mol. The number of rotatable bonds is 13. The smallest absolute Gasteiger partial charge is 0.317 e. The largest absolute Gasteiger partial charge is 0.481 e. The van der Waals surface area contributed by atoms with Gasteiger partial charge in [0.15, 0.2) is 6.10 Å². The van der Waals surface area contributed by atoms with Crippen LogP contribution in [-0.2, 0) is 11.2 Å². The summed E-state index contributed by atoms with van der Waals surface area (Å²) in [7, 11) is 0. The number of aliphatic carboxylic acids is 1. The Morgan fingerprint density at radius 1 is 1.02 bits per heavy atom. The number of nitrogens with zero attached hydrogens (tertiary/aromatic N) is 4. The zero-order chi connectivity index (χ0) is 28.6. The number of benzene rings is 2. The Bertz CT molecular complexity index is 1460. The molecule has 0 radical (unpaired) electrons. The van der Waals surface area contributed by atoms with E-state index in [1.54, 1.807) is 19.1 Å². The van der Waals surface area contributed by atoms with Crippen molar-refractivity contribution in [2.45, 2.75) is 45.8 Å². The zero-order valence-electron chi connectivity index (χ0n) is 22.6. The van der Waals surface area contributed by atoms with Gasteiger partial charge in [0.05, 0.1) is 12.1 Å². The van der Waals surface area contributed by atoms with E-state index in [4.69, 9.17) is 18.9 Å². The first-order valence-corrected chi connectivity index (χ1v) is 12.7. The summed E-state index contributed by atoms with van der Waals surface area (Å²) < 4.78 is 31.4. The number of hydrogen-bond acceptors (Lipinski definition) is 10. The standard InChI is InChI=1S/C27H29FN6O6.ClH/c1-4-21(38-18-9-6-16(7-10-18)24-31-22(5-2)39-33-24)27-32-25(34-40-27)17-8-11-19(20(28)12-17)26(37)30-15(3)13-29-14-23(35)36;/h6-12,15,21,29H,4-5,13-14H2,1-3H3,(H,30,37)(H,35,36);1H/t15-,21?;/m1./s1. The molecule has 2 atom stereocenters. The van der Waals surface area contributed by atoms with Crippen LogP contribution in [0.3, 0.4) is 0 Å². The molecule has 4 rings (SSSR count). The number of aryl methyl sites for hydroxylation is 1. The Kier molecular flexibility index (Phi) is 10.9. The van der Waals surface area contributed by atoms with Gasteiger partial charge in [0, 0.05) is 30.1 Å². The maximum Gasteiger partial charge on any atom is 0.317 e. The van der Waals surface area contributed by atoms with E-state index < -0.39 is 29.8 Å². The fourth-order valence-electron chi connectivity index (χ4n) is 3.74. The quantitative estimate of drug-likeness (QED) is 0.204. The second kappa shape index (κ2) is 14.3. The van der Waals surface area contributed by atoms with E-state index in [1.165, 1.54) is 12.1 Å². The van der Waals surface area contributed by atoms with Crippen LogP contribution in [0.5, 0.6) is 5.75 Å². The van der Waals surface area contributed by atoms with Crippen LogP contribution >= 0.6 is 12.4 Å². The number of carboxylic acid groups (broad SMARTS) is 1.